The molecule has 0 bridgehead atoms. The topological polar surface area (TPSA) is 92.3 Å². The van der Waals surface area contributed by atoms with Gasteiger partial charge in [0.25, 0.3) is 0 Å². The van der Waals surface area contributed by atoms with Gasteiger partial charge in [0.1, 0.15) is 0 Å². The molecule has 2 fully saturated rings. The Bertz CT molecular complexity index is 431. The number of carbonyl (C=O) groups is 2. The van der Waals surface area contributed by atoms with Crippen molar-refractivity contribution in [3.05, 3.63) is 75.5 Å². The third-order valence-electron chi connectivity index (χ3n) is 3.14. The molecule has 0 unspecified atom stereocenters. The maximum Gasteiger partial charge on any atom is 2.00 e. The van der Waals surface area contributed by atoms with E-state index in [2.05, 4.69) is 5.32 Å². The molecule has 2 rings (SSSR count). The second-order valence-electron chi connectivity index (χ2n) is 5.66. The second kappa shape index (κ2) is 22.7. The van der Waals surface area contributed by atoms with Crippen LogP contribution in [0.1, 0.15) is 20.3 Å². The van der Waals surface area contributed by atoms with E-state index in [1.807, 2.05) is 64.0 Å². The Morgan fingerprint density at radius 3 is 1.83 bits per heavy atom. The number of hydrogen-bond acceptors (Lipinski definition) is 6. The molecule has 2 saturated carbocycles. The van der Waals surface area contributed by atoms with Gasteiger partial charge in [0, 0.05) is 12.6 Å². The number of nitrogens with one attached hydrogen (secondary N) is 1. The van der Waals surface area contributed by atoms with Crippen LogP contribution in [0.15, 0.2) is 11.8 Å². The molecule has 0 spiro atoms. The van der Waals surface area contributed by atoms with E-state index in [4.69, 9.17) is 0 Å². The van der Waals surface area contributed by atoms with E-state index in [0.717, 1.165) is 17.7 Å². The first-order chi connectivity index (χ1) is 12.9. The molecule has 0 saturated heterocycles. The Labute approximate surface area is 202 Å². The molecular weight excluding hydrogens is 482 g/mol. The third kappa shape index (κ3) is 22.5. The van der Waals surface area contributed by atoms with Gasteiger partial charge in [-0.25, -0.2) is 0 Å². The van der Waals surface area contributed by atoms with Crippen LogP contribution >= 0.6 is 11.8 Å². The van der Waals surface area contributed by atoms with Gasteiger partial charge < -0.3 is 20.3 Å². The van der Waals surface area contributed by atoms with Crippen LogP contribution in [0.4, 0.5) is 0 Å². The van der Waals surface area contributed by atoms with Crippen LogP contribution in [-0.2, 0) is 43.7 Å². The smallest absolute Gasteiger partial charge is 0.876 e. The summed E-state index contributed by atoms with van der Waals surface area (Å²) in [4.78, 5) is 20.8. The van der Waals surface area contributed by atoms with Crippen molar-refractivity contribution in [3.63, 3.8) is 0 Å². The standard InChI is InChI=1S/C11H16NO2S.C5H8O2.C5H5.Cu.Fe/c1-15-7-6-10(11(13)14)12-8-9-4-2-3-5-9;1-4(6)3-5(2)7;1-2-4-5-3-1;;/h2-5,10,12H,6-8H2,1H3,(H,13,14);3,6H,1-2H3;1-5H;;/q;;;2*+2/p-2/b;4-3-;;;/t10-;;;;/m0..../s1. The molecule has 0 aliphatic heterocycles. The van der Waals surface area contributed by atoms with Crippen LogP contribution in [0, 0.1) is 63.7 Å². The zero-order chi connectivity index (χ0) is 20.5. The van der Waals surface area contributed by atoms with Gasteiger partial charge in [0.15, 0.2) is 5.78 Å². The van der Waals surface area contributed by atoms with E-state index in [-0.39, 0.29) is 45.7 Å². The number of ketones is 1. The van der Waals surface area contributed by atoms with Crippen LogP contribution in [0.2, 0.25) is 0 Å². The van der Waals surface area contributed by atoms with E-state index < -0.39 is 12.0 Å². The molecule has 5 nitrogen and oxygen atoms in total. The van der Waals surface area contributed by atoms with Gasteiger partial charge in [-0.05, 0) is 95.1 Å². The first kappa shape index (κ1) is 33.7. The zero-order valence-electron chi connectivity index (χ0n) is 16.7. The van der Waals surface area contributed by atoms with Gasteiger partial charge in [0.05, 0.1) is 5.97 Å². The minimum Gasteiger partial charge on any atom is -0.876 e. The van der Waals surface area contributed by atoms with Crippen LogP contribution in [0.3, 0.4) is 0 Å². The fourth-order valence-electron chi connectivity index (χ4n) is 1.92. The summed E-state index contributed by atoms with van der Waals surface area (Å²) in [5.41, 5.74) is 0. The number of carboxylic acids is 1. The van der Waals surface area contributed by atoms with Crippen LogP contribution in [-0.4, -0.2) is 36.3 Å². The van der Waals surface area contributed by atoms with Crippen LogP contribution < -0.4 is 15.5 Å². The number of thioether (sulfide) groups is 1. The molecule has 29 heavy (non-hydrogen) atoms. The molecular formula is C21H27CuFeNO4S+2. The summed E-state index contributed by atoms with van der Waals surface area (Å²) < 4.78 is 0. The minimum absolute atomic E-state index is 0. The second-order valence-corrected chi connectivity index (χ2v) is 6.64. The third-order valence-corrected chi connectivity index (χ3v) is 3.79. The Balaban J connectivity index is -0.000000404. The summed E-state index contributed by atoms with van der Waals surface area (Å²) >= 11 is 1.64. The number of hydrogen-bond donors (Lipinski definition) is 1. The summed E-state index contributed by atoms with van der Waals surface area (Å²) in [6.07, 6.45) is 21.4. The van der Waals surface area contributed by atoms with Gasteiger partial charge in [-0.2, -0.15) is 11.8 Å². The first-order valence-corrected chi connectivity index (χ1v) is 9.92. The Kier molecular flexibility index (Phi) is 26.4. The number of allylic oxidation sites excluding steroid dienone is 2. The SMILES string of the molecule is CC(=O)/C=C(/C)[O-].CSCC[C@H](NC[C]1[CH][CH][CH][CH]1)C(=O)[O-].[CH]1[CH][CH][CH][CH]1.[Cu+2].[Fe+2]. The van der Waals surface area contributed by atoms with Gasteiger partial charge >= 0.3 is 34.1 Å². The Morgan fingerprint density at radius 2 is 1.52 bits per heavy atom. The molecule has 11 radical (unpaired) electrons. The number of rotatable bonds is 8. The molecule has 0 aromatic rings. The monoisotopic (exact) mass is 508 g/mol. The molecule has 1 atom stereocenters. The predicted molar refractivity (Wildman–Crippen MR) is 106 cm³/mol. The quantitative estimate of drug-likeness (QED) is 0.295. The van der Waals surface area contributed by atoms with Crippen molar-refractivity contribution in [2.45, 2.75) is 26.3 Å². The minimum atomic E-state index is -1.02. The van der Waals surface area contributed by atoms with E-state index in [9.17, 15) is 19.8 Å². The van der Waals surface area contributed by atoms with E-state index in [0.29, 0.717) is 13.0 Å². The molecule has 0 amide bonds. The first-order valence-electron chi connectivity index (χ1n) is 8.53. The Hall–Kier alpha value is 0.0290. The van der Waals surface area contributed by atoms with Crippen LogP contribution in [0.5, 0.6) is 0 Å². The summed E-state index contributed by atoms with van der Waals surface area (Å²) in [6, 6.07) is -0.549. The average Bonchev–Trinajstić information content (AvgIpc) is 3.30. The zero-order valence-corrected chi connectivity index (χ0v) is 19.5. The van der Waals surface area contributed by atoms with Gasteiger partial charge in [0.2, 0.25) is 0 Å². The molecule has 0 heterocycles. The molecule has 2 aliphatic rings. The van der Waals surface area contributed by atoms with Gasteiger partial charge in [-0.1, -0.05) is 6.92 Å². The van der Waals surface area contributed by atoms with E-state index >= 15 is 0 Å². The van der Waals surface area contributed by atoms with Gasteiger partial charge in [-0.3, -0.25) is 4.79 Å². The van der Waals surface area contributed by atoms with Crippen LogP contribution in [0.25, 0.3) is 0 Å². The molecule has 1 N–H and O–H groups in total. The van der Waals surface area contributed by atoms with Crippen molar-refractivity contribution < 1.29 is 53.9 Å². The van der Waals surface area contributed by atoms with Crippen molar-refractivity contribution in [1.29, 1.82) is 0 Å². The molecule has 0 aromatic heterocycles. The van der Waals surface area contributed by atoms with Crippen molar-refractivity contribution in [3.8, 4) is 0 Å². The van der Waals surface area contributed by atoms with E-state index in [1.54, 1.807) is 11.8 Å². The van der Waals surface area contributed by atoms with Crippen molar-refractivity contribution in [2.75, 3.05) is 18.6 Å². The predicted octanol–water partition coefficient (Wildman–Crippen LogP) is 0.709. The van der Waals surface area contributed by atoms with Crippen molar-refractivity contribution in [1.82, 2.24) is 5.32 Å². The summed E-state index contributed by atoms with van der Waals surface area (Å²) in [7, 11) is 0. The summed E-state index contributed by atoms with van der Waals surface area (Å²) in [6.45, 7) is 3.28. The van der Waals surface area contributed by atoms with Crippen molar-refractivity contribution >= 4 is 23.5 Å². The number of carbonyl (C=O) groups excluding carboxylic acids is 2. The number of aliphatic carboxylic acids is 1. The van der Waals surface area contributed by atoms with Gasteiger partial charge in [-0.15, -0.1) is 5.76 Å². The normalized spacial score (nSPS) is 16.9. The molecule has 2 aliphatic carbocycles. The van der Waals surface area contributed by atoms with E-state index in [1.165, 1.54) is 13.8 Å². The fraction of sp³-hybridized carbons (Fsp3) is 0.333. The molecule has 8 heteroatoms. The molecule has 163 valence electrons. The summed E-state index contributed by atoms with van der Waals surface area (Å²) in [5, 5.41) is 23.7. The fourth-order valence-corrected chi connectivity index (χ4v) is 2.39. The average molecular weight is 509 g/mol. The van der Waals surface area contributed by atoms with Crippen molar-refractivity contribution in [2.24, 2.45) is 0 Å². The largest absolute Gasteiger partial charge is 2.00 e. The summed E-state index contributed by atoms with van der Waals surface area (Å²) in [5.74, 6) is 0.535. The Morgan fingerprint density at radius 1 is 1.03 bits per heavy atom. The maximum atomic E-state index is 10.8. The maximum absolute atomic E-state index is 10.8. The molecule has 0 aromatic carbocycles. The number of carboxylic acid groups (broad SMARTS) is 1.